The number of nitro groups is 1. The quantitative estimate of drug-likeness (QED) is 0.596. The smallest absolute Gasteiger partial charge is 0.258 e. The molecule has 1 heterocycles. The molecule has 0 unspecified atom stereocenters. The fraction of sp³-hybridized carbons (Fsp3) is 0. The zero-order valence-electron chi connectivity index (χ0n) is 8.98. The van der Waals surface area contributed by atoms with Crippen LogP contribution >= 0.6 is 0 Å². The van der Waals surface area contributed by atoms with Gasteiger partial charge in [0.05, 0.1) is 10.6 Å². The van der Waals surface area contributed by atoms with Gasteiger partial charge in [0, 0.05) is 18.3 Å². The minimum absolute atomic E-state index is 0.0909. The fourth-order valence-corrected chi connectivity index (χ4v) is 1.40. The molecule has 0 aliphatic heterocycles. The largest absolute Gasteiger partial charge is 0.270 e. The van der Waals surface area contributed by atoms with Gasteiger partial charge in [0.2, 0.25) is 0 Å². The number of benzene rings is 1. The van der Waals surface area contributed by atoms with Crippen LogP contribution in [0.3, 0.4) is 0 Å². The van der Waals surface area contributed by atoms with Gasteiger partial charge in [-0.3, -0.25) is 15.1 Å². The van der Waals surface area contributed by atoms with E-state index in [-0.39, 0.29) is 5.69 Å². The number of rotatable bonds is 3. The molecule has 0 saturated heterocycles. The van der Waals surface area contributed by atoms with Crippen LogP contribution in [0.25, 0.3) is 12.2 Å². The van der Waals surface area contributed by atoms with Gasteiger partial charge in [-0.15, -0.1) is 0 Å². The van der Waals surface area contributed by atoms with E-state index in [0.29, 0.717) is 0 Å². The van der Waals surface area contributed by atoms with Crippen molar-refractivity contribution in [3.05, 3.63) is 70.0 Å². The van der Waals surface area contributed by atoms with Crippen molar-refractivity contribution in [2.75, 3.05) is 0 Å². The summed E-state index contributed by atoms with van der Waals surface area (Å²) in [5, 5.41) is 10.6. The number of aromatic nitrogens is 1. The van der Waals surface area contributed by atoms with E-state index >= 15 is 0 Å². The van der Waals surface area contributed by atoms with E-state index < -0.39 is 4.92 Å². The number of hydrogen-bond acceptors (Lipinski definition) is 3. The Bertz CT molecular complexity index is 550. The van der Waals surface area contributed by atoms with Gasteiger partial charge in [0.1, 0.15) is 0 Å². The Morgan fingerprint density at radius 2 is 2.00 bits per heavy atom. The average Bonchev–Trinajstić information content (AvgIpc) is 2.38. The van der Waals surface area contributed by atoms with Crippen LogP contribution in [0.15, 0.2) is 48.7 Å². The van der Waals surface area contributed by atoms with Gasteiger partial charge in [-0.1, -0.05) is 24.3 Å². The molecule has 4 nitrogen and oxygen atoms in total. The van der Waals surface area contributed by atoms with Crippen LogP contribution in [-0.4, -0.2) is 9.91 Å². The molecule has 17 heavy (non-hydrogen) atoms. The molecule has 2 rings (SSSR count). The van der Waals surface area contributed by atoms with Crippen molar-refractivity contribution in [2.45, 2.75) is 0 Å². The maximum absolute atomic E-state index is 10.6. The fourth-order valence-electron chi connectivity index (χ4n) is 1.40. The van der Waals surface area contributed by atoms with Gasteiger partial charge in [-0.25, -0.2) is 0 Å². The molecule has 1 aromatic heterocycles. The molecule has 0 saturated carbocycles. The van der Waals surface area contributed by atoms with Crippen molar-refractivity contribution in [1.82, 2.24) is 4.98 Å². The predicted octanol–water partition coefficient (Wildman–Crippen LogP) is 3.16. The van der Waals surface area contributed by atoms with E-state index in [1.165, 1.54) is 12.1 Å². The van der Waals surface area contributed by atoms with Crippen LogP contribution in [0, 0.1) is 10.1 Å². The van der Waals surface area contributed by atoms with Crippen LogP contribution in [-0.2, 0) is 0 Å². The number of non-ortho nitro benzene ring substituents is 1. The van der Waals surface area contributed by atoms with Gasteiger partial charge in [-0.2, -0.15) is 0 Å². The first-order chi connectivity index (χ1) is 8.25. The number of nitro benzene ring substituents is 1. The third-order valence-corrected chi connectivity index (χ3v) is 2.22. The summed E-state index contributed by atoms with van der Waals surface area (Å²) in [5.41, 5.74) is 1.69. The van der Waals surface area contributed by atoms with Crippen molar-refractivity contribution in [2.24, 2.45) is 0 Å². The van der Waals surface area contributed by atoms with Gasteiger partial charge < -0.3 is 0 Å². The van der Waals surface area contributed by atoms with Gasteiger partial charge in [0.25, 0.3) is 5.69 Å². The second-order valence-electron chi connectivity index (χ2n) is 3.44. The Kier molecular flexibility index (Phi) is 3.25. The van der Waals surface area contributed by atoms with Crippen LogP contribution < -0.4 is 0 Å². The summed E-state index contributed by atoms with van der Waals surface area (Å²) >= 11 is 0. The van der Waals surface area contributed by atoms with Gasteiger partial charge in [-0.05, 0) is 23.8 Å². The Morgan fingerprint density at radius 3 is 2.71 bits per heavy atom. The summed E-state index contributed by atoms with van der Waals surface area (Å²) in [4.78, 5) is 14.3. The summed E-state index contributed by atoms with van der Waals surface area (Å²) in [6, 6.07) is 12.1. The molecule has 4 heteroatoms. The SMILES string of the molecule is O=[N+]([O-])c1cccc(C=Cc2ccccn2)c1. The lowest BCUT2D eigenvalue weighted by Crippen LogP contribution is -1.87. The third-order valence-electron chi connectivity index (χ3n) is 2.22. The zero-order valence-corrected chi connectivity index (χ0v) is 8.98. The molecule has 84 valence electrons. The lowest BCUT2D eigenvalue weighted by atomic mass is 10.2. The first-order valence-corrected chi connectivity index (χ1v) is 5.09. The van der Waals surface area contributed by atoms with Crippen LogP contribution in [0.1, 0.15) is 11.3 Å². The van der Waals surface area contributed by atoms with E-state index in [2.05, 4.69) is 4.98 Å². The Labute approximate surface area is 98.4 Å². The lowest BCUT2D eigenvalue weighted by molar-refractivity contribution is -0.384. The van der Waals surface area contributed by atoms with Crippen molar-refractivity contribution in [3.63, 3.8) is 0 Å². The van der Waals surface area contributed by atoms with Gasteiger partial charge in [0.15, 0.2) is 0 Å². The van der Waals surface area contributed by atoms with Crippen LogP contribution in [0.2, 0.25) is 0 Å². The molecule has 1 aromatic carbocycles. The maximum atomic E-state index is 10.6. The Hall–Kier alpha value is -2.49. The molecule has 0 atom stereocenters. The monoisotopic (exact) mass is 226 g/mol. The highest BCUT2D eigenvalue weighted by Crippen LogP contribution is 2.15. The van der Waals surface area contributed by atoms with Crippen molar-refractivity contribution < 1.29 is 4.92 Å². The molecule has 2 aromatic rings. The number of hydrogen-bond donors (Lipinski definition) is 0. The van der Waals surface area contributed by atoms with E-state index in [0.717, 1.165) is 11.3 Å². The summed E-state index contributed by atoms with van der Waals surface area (Å²) in [7, 11) is 0. The highest BCUT2D eigenvalue weighted by Gasteiger charge is 2.03. The molecule has 0 amide bonds. The minimum atomic E-state index is -0.405. The second kappa shape index (κ2) is 5.03. The standard InChI is InChI=1S/C13H10N2O2/c16-15(17)13-6-3-4-11(10-13)7-8-12-5-1-2-9-14-12/h1-10H. The Morgan fingerprint density at radius 1 is 1.12 bits per heavy atom. The van der Waals surface area contributed by atoms with E-state index in [9.17, 15) is 10.1 Å². The van der Waals surface area contributed by atoms with Gasteiger partial charge >= 0.3 is 0 Å². The molecule has 0 bridgehead atoms. The maximum Gasteiger partial charge on any atom is 0.270 e. The molecule has 0 N–H and O–H groups in total. The predicted molar refractivity (Wildman–Crippen MR) is 66.3 cm³/mol. The third kappa shape index (κ3) is 2.98. The first kappa shape index (κ1) is 11.0. The van der Waals surface area contributed by atoms with Crippen molar-refractivity contribution in [3.8, 4) is 0 Å². The summed E-state index contributed by atoms with van der Waals surface area (Å²) in [5.74, 6) is 0. The number of nitrogens with zero attached hydrogens (tertiary/aromatic N) is 2. The van der Waals surface area contributed by atoms with E-state index in [1.807, 2.05) is 30.3 Å². The second-order valence-corrected chi connectivity index (χ2v) is 3.44. The summed E-state index contributed by atoms with van der Waals surface area (Å²) in [6.45, 7) is 0. The Balaban J connectivity index is 2.22. The zero-order chi connectivity index (χ0) is 12.1. The van der Waals surface area contributed by atoms with Crippen molar-refractivity contribution in [1.29, 1.82) is 0 Å². The van der Waals surface area contributed by atoms with E-state index in [4.69, 9.17) is 0 Å². The molecule has 0 aliphatic rings. The molecule has 0 fully saturated rings. The number of pyridine rings is 1. The highest BCUT2D eigenvalue weighted by atomic mass is 16.6. The summed E-state index contributed by atoms with van der Waals surface area (Å²) < 4.78 is 0. The molecule has 0 spiro atoms. The topological polar surface area (TPSA) is 56.0 Å². The van der Waals surface area contributed by atoms with E-state index in [1.54, 1.807) is 18.3 Å². The molecular weight excluding hydrogens is 216 g/mol. The molecule has 0 aliphatic carbocycles. The normalized spacial score (nSPS) is 10.6. The summed E-state index contributed by atoms with van der Waals surface area (Å²) in [6.07, 6.45) is 5.32. The molecule has 0 radical (unpaired) electrons. The molecular formula is C13H10N2O2. The highest BCUT2D eigenvalue weighted by molar-refractivity contribution is 5.68. The lowest BCUT2D eigenvalue weighted by Gasteiger charge is -1.94. The first-order valence-electron chi connectivity index (χ1n) is 5.09. The van der Waals surface area contributed by atoms with Crippen LogP contribution in [0.4, 0.5) is 5.69 Å². The minimum Gasteiger partial charge on any atom is -0.258 e. The average molecular weight is 226 g/mol. The van der Waals surface area contributed by atoms with Crippen LogP contribution in [0.5, 0.6) is 0 Å². The van der Waals surface area contributed by atoms with Crippen molar-refractivity contribution >= 4 is 17.8 Å².